The van der Waals surface area contributed by atoms with E-state index in [0.29, 0.717) is 35.0 Å². The standard InChI is InChI=1S/C25H27ClN4O3/c1-28-9-11-30(12-10-28)16-3-4-17-19(15-16)25(32)29(2)20(7-13-31)22(17)18-5-6-21-24(23(18)26)27-8-14-33-21/h3-6,13,15,27H,7-12,14H2,1-2H3. The van der Waals surface area contributed by atoms with Crippen LogP contribution in [0.4, 0.5) is 11.4 Å². The number of carbonyl (C=O) groups is 1. The van der Waals surface area contributed by atoms with Crippen molar-refractivity contribution in [2.75, 3.05) is 56.6 Å². The average Bonchev–Trinajstić information content (AvgIpc) is 2.84. The molecule has 7 nitrogen and oxygen atoms in total. The lowest BCUT2D eigenvalue weighted by atomic mass is 9.94. The summed E-state index contributed by atoms with van der Waals surface area (Å²) in [5.74, 6) is 0.707. The van der Waals surface area contributed by atoms with Crippen LogP contribution in [0.3, 0.4) is 0 Å². The molecule has 0 saturated carbocycles. The highest BCUT2D eigenvalue weighted by Gasteiger charge is 2.23. The predicted octanol–water partition coefficient (Wildman–Crippen LogP) is 3.16. The molecule has 2 aromatic carbocycles. The zero-order valence-corrected chi connectivity index (χ0v) is 19.6. The Labute approximate surface area is 197 Å². The summed E-state index contributed by atoms with van der Waals surface area (Å²) >= 11 is 6.86. The molecule has 33 heavy (non-hydrogen) atoms. The summed E-state index contributed by atoms with van der Waals surface area (Å²) in [7, 11) is 3.84. The van der Waals surface area contributed by atoms with Crippen LogP contribution in [-0.4, -0.2) is 62.1 Å². The van der Waals surface area contributed by atoms with E-state index in [9.17, 15) is 9.59 Å². The van der Waals surface area contributed by atoms with Gasteiger partial charge in [-0.3, -0.25) is 4.79 Å². The van der Waals surface area contributed by atoms with Gasteiger partial charge in [-0.05, 0) is 36.7 Å². The molecular weight excluding hydrogens is 440 g/mol. The summed E-state index contributed by atoms with van der Waals surface area (Å²) in [5.41, 5.74) is 3.90. The summed E-state index contributed by atoms with van der Waals surface area (Å²) < 4.78 is 7.31. The first-order valence-corrected chi connectivity index (χ1v) is 11.6. The van der Waals surface area contributed by atoms with Crippen molar-refractivity contribution in [2.45, 2.75) is 6.42 Å². The molecule has 3 aromatic rings. The molecule has 172 valence electrons. The van der Waals surface area contributed by atoms with E-state index in [4.69, 9.17) is 16.3 Å². The number of aldehydes is 1. The van der Waals surface area contributed by atoms with E-state index in [0.717, 1.165) is 60.4 Å². The van der Waals surface area contributed by atoms with Crippen molar-refractivity contribution >= 4 is 40.0 Å². The van der Waals surface area contributed by atoms with Crippen molar-refractivity contribution in [2.24, 2.45) is 7.05 Å². The monoisotopic (exact) mass is 466 g/mol. The number of piperazine rings is 1. The minimum absolute atomic E-state index is 0.114. The van der Waals surface area contributed by atoms with Gasteiger partial charge in [0.15, 0.2) is 0 Å². The molecule has 1 aromatic heterocycles. The van der Waals surface area contributed by atoms with Gasteiger partial charge in [0.05, 0.1) is 10.7 Å². The third kappa shape index (κ3) is 3.75. The van der Waals surface area contributed by atoms with E-state index in [1.807, 2.05) is 24.3 Å². The molecule has 0 radical (unpaired) electrons. The quantitative estimate of drug-likeness (QED) is 0.596. The Balaban J connectivity index is 1.74. The molecule has 1 fully saturated rings. The molecule has 3 heterocycles. The number of anilines is 2. The van der Waals surface area contributed by atoms with Crippen molar-refractivity contribution in [3.8, 4) is 16.9 Å². The fourth-order valence-corrected chi connectivity index (χ4v) is 5.12. The van der Waals surface area contributed by atoms with Crippen LogP contribution in [0.25, 0.3) is 21.9 Å². The highest BCUT2D eigenvalue weighted by molar-refractivity contribution is 6.37. The minimum atomic E-state index is -0.114. The number of halogens is 1. The molecule has 1 N–H and O–H groups in total. The van der Waals surface area contributed by atoms with Gasteiger partial charge in [-0.1, -0.05) is 17.7 Å². The van der Waals surface area contributed by atoms with Crippen molar-refractivity contribution in [1.29, 1.82) is 0 Å². The lowest BCUT2D eigenvalue weighted by Gasteiger charge is -2.34. The second-order valence-electron chi connectivity index (χ2n) is 8.65. The number of aromatic nitrogens is 1. The largest absolute Gasteiger partial charge is 0.490 e. The Bertz CT molecular complexity index is 1300. The van der Waals surface area contributed by atoms with E-state index in [1.165, 1.54) is 0 Å². The van der Waals surface area contributed by atoms with Crippen molar-refractivity contribution in [3.63, 3.8) is 0 Å². The van der Waals surface area contributed by atoms with Gasteiger partial charge in [0.25, 0.3) is 5.56 Å². The zero-order valence-electron chi connectivity index (χ0n) is 18.9. The predicted molar refractivity (Wildman–Crippen MR) is 133 cm³/mol. The van der Waals surface area contributed by atoms with Gasteiger partial charge in [0, 0.05) is 74.1 Å². The van der Waals surface area contributed by atoms with Gasteiger partial charge in [-0.25, -0.2) is 0 Å². The molecule has 0 amide bonds. The number of pyridine rings is 1. The van der Waals surface area contributed by atoms with Crippen LogP contribution in [0.15, 0.2) is 35.1 Å². The first-order chi connectivity index (χ1) is 16.0. The Hall–Kier alpha value is -3.03. The van der Waals surface area contributed by atoms with Crippen LogP contribution in [0.1, 0.15) is 5.69 Å². The first kappa shape index (κ1) is 21.8. The summed E-state index contributed by atoms with van der Waals surface area (Å²) in [4.78, 5) is 29.6. The van der Waals surface area contributed by atoms with Gasteiger partial charge < -0.3 is 29.2 Å². The van der Waals surface area contributed by atoms with Gasteiger partial charge >= 0.3 is 0 Å². The molecule has 0 aliphatic carbocycles. The van der Waals surface area contributed by atoms with E-state index in [1.54, 1.807) is 11.6 Å². The second-order valence-corrected chi connectivity index (χ2v) is 9.03. The van der Waals surface area contributed by atoms with E-state index >= 15 is 0 Å². The van der Waals surface area contributed by atoms with Gasteiger partial charge in [0.1, 0.15) is 18.6 Å². The van der Waals surface area contributed by atoms with Gasteiger partial charge in [-0.2, -0.15) is 0 Å². The summed E-state index contributed by atoms with van der Waals surface area (Å²) in [6.07, 6.45) is 0.949. The molecule has 2 aliphatic heterocycles. The van der Waals surface area contributed by atoms with E-state index in [2.05, 4.69) is 28.2 Å². The molecule has 1 saturated heterocycles. The Kier molecular flexibility index (Phi) is 5.76. The summed E-state index contributed by atoms with van der Waals surface area (Å²) in [6, 6.07) is 9.84. The van der Waals surface area contributed by atoms with Crippen LogP contribution in [0.5, 0.6) is 5.75 Å². The first-order valence-electron chi connectivity index (χ1n) is 11.2. The minimum Gasteiger partial charge on any atom is -0.490 e. The molecule has 2 aliphatic rings. The number of nitrogens with zero attached hydrogens (tertiary/aromatic N) is 3. The van der Waals surface area contributed by atoms with E-state index < -0.39 is 0 Å². The lowest BCUT2D eigenvalue weighted by molar-refractivity contribution is -0.107. The number of fused-ring (bicyclic) bond motifs is 2. The van der Waals surface area contributed by atoms with Crippen LogP contribution in [0.2, 0.25) is 5.02 Å². The number of hydrogen-bond donors (Lipinski definition) is 1. The van der Waals surface area contributed by atoms with Gasteiger partial charge in [-0.15, -0.1) is 0 Å². The molecule has 5 rings (SSSR count). The summed E-state index contributed by atoms with van der Waals surface area (Å²) in [6.45, 7) is 5.05. The summed E-state index contributed by atoms with van der Waals surface area (Å²) in [5, 5.41) is 5.27. The van der Waals surface area contributed by atoms with Crippen LogP contribution < -0.4 is 20.5 Å². The molecule has 0 atom stereocenters. The number of benzene rings is 2. The fourth-order valence-electron chi connectivity index (χ4n) is 4.81. The normalized spacial score (nSPS) is 16.3. The van der Waals surface area contributed by atoms with Crippen LogP contribution >= 0.6 is 11.6 Å². The smallest absolute Gasteiger partial charge is 0.258 e. The highest BCUT2D eigenvalue weighted by atomic mass is 35.5. The second kappa shape index (κ2) is 8.72. The Morgan fingerprint density at radius 2 is 1.88 bits per heavy atom. The Morgan fingerprint density at radius 1 is 1.09 bits per heavy atom. The third-order valence-electron chi connectivity index (χ3n) is 6.68. The molecule has 0 unspecified atom stereocenters. The van der Waals surface area contributed by atoms with Crippen LogP contribution in [-0.2, 0) is 18.3 Å². The number of hydrogen-bond acceptors (Lipinski definition) is 6. The third-order valence-corrected chi connectivity index (χ3v) is 7.07. The Morgan fingerprint density at radius 3 is 2.64 bits per heavy atom. The molecule has 8 heteroatoms. The molecule has 0 bridgehead atoms. The zero-order chi connectivity index (χ0) is 23.1. The lowest BCUT2D eigenvalue weighted by Crippen LogP contribution is -2.44. The maximum absolute atomic E-state index is 13.4. The van der Waals surface area contributed by atoms with Crippen molar-refractivity contribution in [3.05, 3.63) is 51.4 Å². The fraction of sp³-hybridized carbons (Fsp3) is 0.360. The average molecular weight is 467 g/mol. The number of rotatable bonds is 4. The SMILES string of the molecule is CN1CCN(c2ccc3c(-c4ccc5c(c4Cl)NCCO5)c(CC=O)n(C)c(=O)c3c2)CC1. The van der Waals surface area contributed by atoms with Crippen molar-refractivity contribution in [1.82, 2.24) is 9.47 Å². The number of nitrogens with one attached hydrogen (secondary N) is 1. The van der Waals surface area contributed by atoms with E-state index in [-0.39, 0.29) is 12.0 Å². The molecular formula is C25H27ClN4O3. The van der Waals surface area contributed by atoms with Crippen LogP contribution in [0, 0.1) is 0 Å². The topological polar surface area (TPSA) is 66.8 Å². The maximum Gasteiger partial charge on any atom is 0.258 e. The number of carbonyl (C=O) groups excluding carboxylic acids is 1. The number of ether oxygens (including phenoxy) is 1. The highest BCUT2D eigenvalue weighted by Crippen LogP contribution is 2.44. The maximum atomic E-state index is 13.4. The van der Waals surface area contributed by atoms with Crippen molar-refractivity contribution < 1.29 is 9.53 Å². The number of likely N-dealkylation sites (N-methyl/N-ethyl adjacent to an activating group) is 1. The molecule has 0 spiro atoms. The van der Waals surface area contributed by atoms with Gasteiger partial charge in [0.2, 0.25) is 0 Å².